The average Bonchev–Trinajstić information content (AvgIpc) is 2.40. The number of benzene rings is 2. The molecule has 0 radical (unpaired) electrons. The first-order valence-electron chi connectivity index (χ1n) is 6.98. The summed E-state index contributed by atoms with van der Waals surface area (Å²) in [5, 5.41) is 18.2. The van der Waals surface area contributed by atoms with E-state index in [1.165, 1.54) is 5.56 Å². The molecule has 0 aromatic heterocycles. The fourth-order valence-electron chi connectivity index (χ4n) is 1.83. The molecule has 2 aromatic carbocycles. The lowest BCUT2D eigenvalue weighted by Crippen LogP contribution is -1.85. The molecule has 0 aliphatic carbocycles. The lowest BCUT2D eigenvalue weighted by atomic mass is 10.0. The molecule has 0 amide bonds. The Morgan fingerprint density at radius 1 is 0.700 bits per heavy atom. The fraction of sp³-hybridized carbons (Fsp3) is 0.333. The summed E-state index contributed by atoms with van der Waals surface area (Å²) in [7, 11) is 0. The second kappa shape index (κ2) is 7.59. The molecule has 0 bridgehead atoms. The highest BCUT2D eigenvalue weighted by molar-refractivity contribution is 5.33. The molecule has 0 spiro atoms. The van der Waals surface area contributed by atoms with E-state index >= 15 is 0 Å². The molecule has 2 N–H and O–H groups in total. The maximum atomic E-state index is 9.28. The van der Waals surface area contributed by atoms with E-state index in [1.54, 1.807) is 18.2 Å². The lowest BCUT2D eigenvalue weighted by Gasteiger charge is -2.05. The first-order chi connectivity index (χ1) is 9.41. The van der Waals surface area contributed by atoms with Crippen LogP contribution in [0.1, 0.15) is 50.7 Å². The smallest absolute Gasteiger partial charge is 0.119 e. The summed E-state index contributed by atoms with van der Waals surface area (Å²) in [4.78, 5) is 0. The minimum atomic E-state index is 0.337. The summed E-state index contributed by atoms with van der Waals surface area (Å²) in [5.74, 6) is 1.68. The molecule has 20 heavy (non-hydrogen) atoms. The molecule has 0 aliphatic heterocycles. The number of aromatic hydroxyl groups is 2. The Hall–Kier alpha value is -1.96. The van der Waals surface area contributed by atoms with Gasteiger partial charge in [-0.15, -0.1) is 0 Å². The molecule has 0 saturated heterocycles. The van der Waals surface area contributed by atoms with Crippen LogP contribution in [0.15, 0.2) is 48.5 Å². The third-order valence-electron chi connectivity index (χ3n) is 3.12. The largest absolute Gasteiger partial charge is 0.508 e. The standard InChI is InChI=1S/2C9H12O/c1-7(2)8-3-5-9(10)6-4-8;1-7(2)8-5-3-4-6-9(8)10/h2*3-7,10H,1-2H3. The van der Waals surface area contributed by atoms with Crippen LogP contribution < -0.4 is 0 Å². The summed E-state index contributed by atoms with van der Waals surface area (Å²) in [6.45, 7) is 8.39. The van der Waals surface area contributed by atoms with Crippen molar-refractivity contribution in [3.05, 3.63) is 59.7 Å². The van der Waals surface area contributed by atoms with Gasteiger partial charge in [0.1, 0.15) is 11.5 Å². The van der Waals surface area contributed by atoms with Crippen LogP contribution in [0.25, 0.3) is 0 Å². The molecule has 0 atom stereocenters. The second-order valence-electron chi connectivity index (χ2n) is 5.46. The lowest BCUT2D eigenvalue weighted by molar-refractivity contribution is 0.465. The summed E-state index contributed by atoms with van der Waals surface area (Å²) in [6.07, 6.45) is 0. The van der Waals surface area contributed by atoms with Gasteiger partial charge in [-0.25, -0.2) is 0 Å². The Bertz CT molecular complexity index is 513. The normalized spacial score (nSPS) is 10.3. The van der Waals surface area contributed by atoms with Gasteiger partial charge in [0.15, 0.2) is 0 Å². The van der Waals surface area contributed by atoms with E-state index in [2.05, 4.69) is 27.7 Å². The van der Waals surface area contributed by atoms with Crippen LogP contribution in [-0.2, 0) is 0 Å². The van der Waals surface area contributed by atoms with Crippen LogP contribution in [-0.4, -0.2) is 10.2 Å². The van der Waals surface area contributed by atoms with E-state index in [-0.39, 0.29) is 0 Å². The van der Waals surface area contributed by atoms with E-state index in [0.717, 1.165) is 5.56 Å². The van der Waals surface area contributed by atoms with Gasteiger partial charge in [-0.2, -0.15) is 0 Å². The SMILES string of the molecule is CC(C)c1ccc(O)cc1.CC(C)c1ccccc1O. The highest BCUT2D eigenvalue weighted by Gasteiger charge is 2.02. The Kier molecular flexibility index (Phi) is 6.10. The van der Waals surface area contributed by atoms with Gasteiger partial charge >= 0.3 is 0 Å². The topological polar surface area (TPSA) is 40.5 Å². The number of para-hydroxylation sites is 1. The maximum absolute atomic E-state index is 9.28. The van der Waals surface area contributed by atoms with Crippen molar-refractivity contribution in [2.24, 2.45) is 0 Å². The second-order valence-corrected chi connectivity index (χ2v) is 5.46. The van der Waals surface area contributed by atoms with Crippen LogP contribution in [0.3, 0.4) is 0 Å². The van der Waals surface area contributed by atoms with Gasteiger partial charge in [-0.3, -0.25) is 0 Å². The maximum Gasteiger partial charge on any atom is 0.119 e. The highest BCUT2D eigenvalue weighted by atomic mass is 16.3. The van der Waals surface area contributed by atoms with E-state index in [0.29, 0.717) is 23.3 Å². The Labute approximate surface area is 121 Å². The highest BCUT2D eigenvalue weighted by Crippen LogP contribution is 2.23. The first kappa shape index (κ1) is 16.1. The molecule has 2 heteroatoms. The van der Waals surface area contributed by atoms with Gasteiger partial charge in [-0.05, 0) is 41.2 Å². The average molecular weight is 272 g/mol. The molecule has 0 fully saturated rings. The first-order valence-corrected chi connectivity index (χ1v) is 6.98. The molecule has 2 nitrogen and oxygen atoms in total. The Morgan fingerprint density at radius 3 is 1.65 bits per heavy atom. The van der Waals surface area contributed by atoms with Gasteiger partial charge in [0.25, 0.3) is 0 Å². The van der Waals surface area contributed by atoms with Gasteiger partial charge in [0.05, 0.1) is 0 Å². The minimum absolute atomic E-state index is 0.337. The number of hydrogen-bond donors (Lipinski definition) is 2. The zero-order chi connectivity index (χ0) is 15.1. The van der Waals surface area contributed by atoms with Crippen molar-refractivity contribution in [3.63, 3.8) is 0 Å². The van der Waals surface area contributed by atoms with Crippen molar-refractivity contribution in [1.82, 2.24) is 0 Å². The van der Waals surface area contributed by atoms with E-state index in [1.807, 2.05) is 30.3 Å². The number of hydrogen-bond acceptors (Lipinski definition) is 2. The predicted molar refractivity (Wildman–Crippen MR) is 84.4 cm³/mol. The molecular formula is C18H24O2. The third kappa shape index (κ3) is 4.96. The minimum Gasteiger partial charge on any atom is -0.508 e. The molecule has 0 heterocycles. The van der Waals surface area contributed by atoms with Crippen LogP contribution in [0.5, 0.6) is 11.5 Å². The Balaban J connectivity index is 0.000000200. The summed E-state index contributed by atoms with van der Waals surface area (Å²) < 4.78 is 0. The molecule has 0 saturated carbocycles. The van der Waals surface area contributed by atoms with Crippen LogP contribution in [0.2, 0.25) is 0 Å². The summed E-state index contributed by atoms with van der Waals surface area (Å²) >= 11 is 0. The van der Waals surface area contributed by atoms with Crippen molar-refractivity contribution in [2.75, 3.05) is 0 Å². The van der Waals surface area contributed by atoms with E-state index in [9.17, 15) is 5.11 Å². The molecule has 2 aromatic rings. The van der Waals surface area contributed by atoms with Gasteiger partial charge in [-0.1, -0.05) is 58.0 Å². The van der Waals surface area contributed by atoms with Crippen LogP contribution in [0, 0.1) is 0 Å². The predicted octanol–water partition coefficient (Wildman–Crippen LogP) is 5.03. The van der Waals surface area contributed by atoms with E-state index < -0.39 is 0 Å². The summed E-state index contributed by atoms with van der Waals surface area (Å²) in [6, 6.07) is 14.8. The van der Waals surface area contributed by atoms with Gasteiger partial charge in [0, 0.05) is 0 Å². The van der Waals surface area contributed by atoms with Crippen molar-refractivity contribution in [2.45, 2.75) is 39.5 Å². The quantitative estimate of drug-likeness (QED) is 0.804. The number of phenolic OH excluding ortho intramolecular Hbond substituents is 2. The molecule has 108 valence electrons. The van der Waals surface area contributed by atoms with E-state index in [4.69, 9.17) is 5.11 Å². The summed E-state index contributed by atoms with van der Waals surface area (Å²) in [5.41, 5.74) is 2.28. The molecule has 0 unspecified atom stereocenters. The monoisotopic (exact) mass is 272 g/mol. The molecule has 2 rings (SSSR count). The number of phenols is 2. The third-order valence-corrected chi connectivity index (χ3v) is 3.12. The van der Waals surface area contributed by atoms with Crippen LogP contribution in [0.4, 0.5) is 0 Å². The van der Waals surface area contributed by atoms with Gasteiger partial charge in [0.2, 0.25) is 0 Å². The zero-order valence-electron chi connectivity index (χ0n) is 12.7. The van der Waals surface area contributed by atoms with Crippen LogP contribution >= 0.6 is 0 Å². The zero-order valence-corrected chi connectivity index (χ0v) is 12.7. The van der Waals surface area contributed by atoms with Crippen molar-refractivity contribution in [3.8, 4) is 11.5 Å². The van der Waals surface area contributed by atoms with Crippen molar-refractivity contribution in [1.29, 1.82) is 0 Å². The molecular weight excluding hydrogens is 248 g/mol. The molecule has 0 aliphatic rings. The number of rotatable bonds is 2. The van der Waals surface area contributed by atoms with Crippen molar-refractivity contribution < 1.29 is 10.2 Å². The Morgan fingerprint density at radius 2 is 1.25 bits per heavy atom. The van der Waals surface area contributed by atoms with Gasteiger partial charge < -0.3 is 10.2 Å². The van der Waals surface area contributed by atoms with Crippen molar-refractivity contribution >= 4 is 0 Å². The fourth-order valence-corrected chi connectivity index (χ4v) is 1.83.